The molecule has 0 aromatic rings. The number of unbranched alkanes of at least 4 members (excludes halogenated alkanes) is 14. The Hall–Kier alpha value is -1.93. The quantitative estimate of drug-likeness (QED) is 0.0183. The minimum absolute atomic E-state index is 0.0785. The second-order valence-electron chi connectivity index (χ2n) is 14.1. The highest BCUT2D eigenvalue weighted by atomic mass is 31.2. The van der Waals surface area contributed by atoms with E-state index in [1.807, 2.05) is 0 Å². The smallest absolute Gasteiger partial charge is 0.462 e. The van der Waals surface area contributed by atoms with Gasteiger partial charge >= 0.3 is 19.8 Å². The molecule has 54 heavy (non-hydrogen) atoms. The molecule has 6 unspecified atom stereocenters. The fourth-order valence-electron chi connectivity index (χ4n) is 5.81. The van der Waals surface area contributed by atoms with Crippen LogP contribution >= 0.6 is 7.82 Å². The summed E-state index contributed by atoms with van der Waals surface area (Å²) < 4.78 is 33.3. The van der Waals surface area contributed by atoms with E-state index in [1.54, 1.807) is 0 Å². The van der Waals surface area contributed by atoms with Gasteiger partial charge in [-0.25, -0.2) is 4.57 Å². The lowest BCUT2D eigenvalue weighted by Gasteiger charge is -2.41. The van der Waals surface area contributed by atoms with E-state index in [0.29, 0.717) is 12.8 Å². The third-order valence-electron chi connectivity index (χ3n) is 9.20. The van der Waals surface area contributed by atoms with Gasteiger partial charge in [-0.15, -0.1) is 0 Å². The van der Waals surface area contributed by atoms with Gasteiger partial charge in [0, 0.05) is 12.8 Å². The molecule has 0 heterocycles. The van der Waals surface area contributed by atoms with Crippen molar-refractivity contribution in [3.05, 3.63) is 36.5 Å². The molecule has 1 rings (SSSR count). The predicted molar refractivity (Wildman–Crippen MR) is 207 cm³/mol. The molecule has 8 atom stereocenters. The topological polar surface area (TPSA) is 210 Å². The molecule has 0 aliphatic heterocycles. The lowest BCUT2D eigenvalue weighted by Crippen LogP contribution is -2.64. The Kier molecular flexibility index (Phi) is 28.9. The number of ether oxygens (including phenoxy) is 2. The highest BCUT2D eigenvalue weighted by molar-refractivity contribution is 7.47. The Morgan fingerprint density at radius 1 is 0.574 bits per heavy atom. The Morgan fingerprint density at radius 2 is 1.00 bits per heavy atom. The maximum atomic E-state index is 12.7. The van der Waals surface area contributed by atoms with Gasteiger partial charge in [-0.05, 0) is 57.8 Å². The highest BCUT2D eigenvalue weighted by Crippen LogP contribution is 2.47. The van der Waals surface area contributed by atoms with Gasteiger partial charge in [-0.1, -0.05) is 115 Å². The third kappa shape index (κ3) is 23.9. The molecule has 1 aliphatic rings. The number of rotatable bonds is 32. The normalized spacial score (nSPS) is 23.6. The van der Waals surface area contributed by atoms with Crippen LogP contribution in [0.5, 0.6) is 0 Å². The second-order valence-corrected chi connectivity index (χ2v) is 15.5. The van der Waals surface area contributed by atoms with E-state index < -0.39 is 75.7 Å². The molecule has 13 nitrogen and oxygen atoms in total. The van der Waals surface area contributed by atoms with E-state index in [2.05, 4.69) is 50.3 Å². The summed E-state index contributed by atoms with van der Waals surface area (Å²) in [5.74, 6) is -1.13. The van der Waals surface area contributed by atoms with Crippen LogP contribution in [0.2, 0.25) is 0 Å². The summed E-state index contributed by atoms with van der Waals surface area (Å²) in [6.07, 6.45) is 19.3. The predicted octanol–water partition coefficient (Wildman–Crippen LogP) is 6.66. The first-order valence-electron chi connectivity index (χ1n) is 20.3. The Labute approximate surface area is 323 Å². The van der Waals surface area contributed by atoms with Crippen LogP contribution in [0, 0.1) is 0 Å². The number of phosphoric acid groups is 1. The molecule has 1 fully saturated rings. The zero-order chi connectivity index (χ0) is 40.0. The summed E-state index contributed by atoms with van der Waals surface area (Å²) in [5, 5.41) is 49.9. The van der Waals surface area contributed by atoms with Crippen molar-refractivity contribution in [1.29, 1.82) is 0 Å². The van der Waals surface area contributed by atoms with Gasteiger partial charge in [0.15, 0.2) is 6.10 Å². The molecule has 1 saturated carbocycles. The number of allylic oxidation sites excluding steroid dienone is 6. The third-order valence-corrected chi connectivity index (χ3v) is 10.2. The number of carbonyl (C=O) groups excluding carboxylic acids is 2. The lowest BCUT2D eigenvalue weighted by molar-refractivity contribution is -0.220. The zero-order valence-corrected chi connectivity index (χ0v) is 33.7. The van der Waals surface area contributed by atoms with E-state index in [4.69, 9.17) is 18.5 Å². The SMILES string of the molecule is CCCC/C=C\C/C=C\CCCCCCCC(=O)O[C@H](COC(=O)CCCCCCC/C=C\CCCC)COP(=O)(O)OC1C(O)C(O)C(O)[C@@H](O)C1O. The zero-order valence-electron chi connectivity index (χ0n) is 32.8. The first-order valence-corrected chi connectivity index (χ1v) is 21.8. The van der Waals surface area contributed by atoms with Crippen LogP contribution < -0.4 is 0 Å². The van der Waals surface area contributed by atoms with Crippen molar-refractivity contribution in [1.82, 2.24) is 0 Å². The molecular formula is C40H71O13P. The molecular weight excluding hydrogens is 719 g/mol. The van der Waals surface area contributed by atoms with Gasteiger partial charge < -0.3 is 39.9 Å². The minimum atomic E-state index is -5.11. The van der Waals surface area contributed by atoms with E-state index in [1.165, 1.54) is 25.7 Å². The van der Waals surface area contributed by atoms with Crippen molar-refractivity contribution in [2.24, 2.45) is 0 Å². The minimum Gasteiger partial charge on any atom is -0.462 e. The molecule has 6 N–H and O–H groups in total. The van der Waals surface area contributed by atoms with Crippen LogP contribution in [0.4, 0.5) is 0 Å². The van der Waals surface area contributed by atoms with Crippen LogP contribution in [0.25, 0.3) is 0 Å². The van der Waals surface area contributed by atoms with Crippen LogP contribution in [0.15, 0.2) is 36.5 Å². The Balaban J connectivity index is 2.54. The number of hydrogen-bond acceptors (Lipinski definition) is 12. The van der Waals surface area contributed by atoms with Gasteiger partial charge in [0.05, 0.1) is 6.61 Å². The molecule has 14 heteroatoms. The summed E-state index contributed by atoms with van der Waals surface area (Å²) in [5.41, 5.74) is 0. The lowest BCUT2D eigenvalue weighted by atomic mass is 9.85. The first-order chi connectivity index (χ1) is 25.9. The van der Waals surface area contributed by atoms with Crippen molar-refractivity contribution in [3.8, 4) is 0 Å². The molecule has 0 saturated heterocycles. The number of esters is 2. The average molecular weight is 791 g/mol. The van der Waals surface area contributed by atoms with Crippen molar-refractivity contribution in [3.63, 3.8) is 0 Å². The monoisotopic (exact) mass is 790 g/mol. The van der Waals surface area contributed by atoms with E-state index in [9.17, 15) is 44.6 Å². The van der Waals surface area contributed by atoms with Gasteiger partial charge in [0.25, 0.3) is 0 Å². The van der Waals surface area contributed by atoms with E-state index >= 15 is 0 Å². The number of aliphatic hydroxyl groups is 5. The van der Waals surface area contributed by atoms with Crippen molar-refractivity contribution >= 4 is 19.8 Å². The summed E-state index contributed by atoms with van der Waals surface area (Å²) in [7, 11) is -5.11. The number of carbonyl (C=O) groups is 2. The molecule has 314 valence electrons. The number of aliphatic hydroxyl groups excluding tert-OH is 5. The van der Waals surface area contributed by atoms with E-state index in [-0.39, 0.29) is 12.8 Å². The molecule has 0 aromatic carbocycles. The molecule has 0 radical (unpaired) electrons. The standard InChI is InChI=1S/C40H71O13P/c1-3-5-7-9-11-13-15-16-17-19-21-23-25-27-29-34(42)52-32(30-50-33(41)28-26-24-22-20-18-14-12-10-8-6-4-2)31-51-54(48,49)53-40-38(46)36(44)35(43)37(45)39(40)47/h9-12,15-16,32,35-40,43-47H,3-8,13-14,17-31H2,1-2H3,(H,48,49)/b11-9-,12-10-,16-15-/t32-,35?,36-,37?,38?,39?,40?/m1/s1. The maximum absolute atomic E-state index is 12.7. The largest absolute Gasteiger partial charge is 0.472 e. The summed E-state index contributed by atoms with van der Waals surface area (Å²) in [6, 6.07) is 0. The number of hydrogen-bond donors (Lipinski definition) is 6. The highest BCUT2D eigenvalue weighted by Gasteiger charge is 2.51. The summed E-state index contributed by atoms with van der Waals surface area (Å²) in [6.45, 7) is 3.16. The van der Waals surface area contributed by atoms with Gasteiger partial charge in [-0.3, -0.25) is 18.6 Å². The fraction of sp³-hybridized carbons (Fsp3) is 0.800. The molecule has 0 aromatic heterocycles. The molecule has 0 amide bonds. The average Bonchev–Trinajstić information content (AvgIpc) is 3.15. The van der Waals surface area contributed by atoms with Gasteiger partial charge in [-0.2, -0.15) is 0 Å². The van der Waals surface area contributed by atoms with Crippen LogP contribution in [-0.4, -0.2) is 98.3 Å². The first kappa shape index (κ1) is 50.1. The van der Waals surface area contributed by atoms with Crippen LogP contribution in [0.1, 0.15) is 149 Å². The van der Waals surface area contributed by atoms with Crippen molar-refractivity contribution in [2.75, 3.05) is 13.2 Å². The van der Waals surface area contributed by atoms with E-state index in [0.717, 1.165) is 83.5 Å². The summed E-state index contributed by atoms with van der Waals surface area (Å²) >= 11 is 0. The van der Waals surface area contributed by atoms with Crippen LogP contribution in [0.3, 0.4) is 0 Å². The molecule has 0 bridgehead atoms. The van der Waals surface area contributed by atoms with Gasteiger partial charge in [0.1, 0.15) is 43.2 Å². The number of phosphoric ester groups is 1. The van der Waals surface area contributed by atoms with Crippen molar-refractivity contribution < 1.29 is 63.1 Å². The van der Waals surface area contributed by atoms with Gasteiger partial charge in [0.2, 0.25) is 0 Å². The Bertz CT molecular complexity index is 1100. The van der Waals surface area contributed by atoms with Crippen molar-refractivity contribution in [2.45, 2.75) is 191 Å². The fourth-order valence-corrected chi connectivity index (χ4v) is 6.78. The second kappa shape index (κ2) is 31.2. The Morgan fingerprint density at radius 3 is 1.52 bits per heavy atom. The summed E-state index contributed by atoms with van der Waals surface area (Å²) in [4.78, 5) is 35.5. The van der Waals surface area contributed by atoms with Crippen LogP contribution in [-0.2, 0) is 32.7 Å². The molecule has 1 aliphatic carbocycles. The molecule has 0 spiro atoms. The maximum Gasteiger partial charge on any atom is 0.472 e.